The summed E-state index contributed by atoms with van der Waals surface area (Å²) in [7, 11) is -3.45. The maximum atomic E-state index is 12.6. The summed E-state index contributed by atoms with van der Waals surface area (Å²) in [6, 6.07) is 16.0. The zero-order valence-corrected chi connectivity index (χ0v) is 11.6. The molecular weight excluding hydrogens is 258 g/mol. The van der Waals surface area contributed by atoms with Crippen molar-refractivity contribution in [3.8, 4) is 0 Å². The van der Waals surface area contributed by atoms with Gasteiger partial charge in [-0.25, -0.2) is 8.42 Å². The number of hydrogen-bond acceptors (Lipinski definition) is 3. The third kappa shape index (κ3) is 2.85. The second-order valence-electron chi connectivity index (χ2n) is 4.49. The molecule has 1 atom stereocenters. The number of nitrogens with two attached hydrogens (primary N) is 1. The number of sulfone groups is 1. The smallest absolute Gasteiger partial charge is 0.186 e. The first-order chi connectivity index (χ1) is 9.05. The first-order valence-electron chi connectivity index (χ1n) is 6.11. The van der Waals surface area contributed by atoms with Crippen molar-refractivity contribution in [2.45, 2.75) is 17.1 Å². The van der Waals surface area contributed by atoms with Gasteiger partial charge in [-0.1, -0.05) is 48.0 Å². The summed E-state index contributed by atoms with van der Waals surface area (Å²) >= 11 is 0. The summed E-state index contributed by atoms with van der Waals surface area (Å²) in [5.74, 6) is 0. The van der Waals surface area contributed by atoms with Crippen LogP contribution in [0.2, 0.25) is 0 Å². The molecule has 2 N–H and O–H groups in total. The summed E-state index contributed by atoms with van der Waals surface area (Å²) in [4.78, 5) is 0.317. The van der Waals surface area contributed by atoms with E-state index in [-0.39, 0.29) is 6.54 Å². The lowest BCUT2D eigenvalue weighted by molar-refractivity contribution is 0.582. The minimum atomic E-state index is -3.45. The fraction of sp³-hybridized carbons (Fsp3) is 0.200. The lowest BCUT2D eigenvalue weighted by Crippen LogP contribution is -2.22. The van der Waals surface area contributed by atoms with Crippen LogP contribution in [0.25, 0.3) is 0 Å². The molecular formula is C15H17NO2S. The molecule has 0 saturated heterocycles. The Hall–Kier alpha value is -1.65. The van der Waals surface area contributed by atoms with Gasteiger partial charge in [-0.05, 0) is 24.6 Å². The standard InChI is InChI=1S/C15H17NO2S/c1-12-7-9-14(10-8-12)19(17,18)15(11-16)13-5-3-2-4-6-13/h2-10,15H,11,16H2,1H3. The maximum Gasteiger partial charge on any atom is 0.186 e. The average molecular weight is 275 g/mol. The predicted octanol–water partition coefficient (Wildman–Crippen LogP) is 2.47. The minimum absolute atomic E-state index is 0.0697. The number of rotatable bonds is 4. The Morgan fingerprint density at radius 2 is 1.58 bits per heavy atom. The van der Waals surface area contributed by atoms with Crippen LogP contribution < -0.4 is 5.73 Å². The van der Waals surface area contributed by atoms with Crippen LogP contribution in [0.15, 0.2) is 59.5 Å². The fourth-order valence-electron chi connectivity index (χ4n) is 2.00. The second-order valence-corrected chi connectivity index (χ2v) is 6.62. The van der Waals surface area contributed by atoms with E-state index in [2.05, 4.69) is 0 Å². The van der Waals surface area contributed by atoms with E-state index >= 15 is 0 Å². The van der Waals surface area contributed by atoms with E-state index in [1.165, 1.54) is 0 Å². The van der Waals surface area contributed by atoms with Crippen LogP contribution in [0.3, 0.4) is 0 Å². The van der Waals surface area contributed by atoms with E-state index in [1.807, 2.05) is 25.1 Å². The van der Waals surface area contributed by atoms with Crippen molar-refractivity contribution in [3.63, 3.8) is 0 Å². The van der Waals surface area contributed by atoms with Gasteiger partial charge in [0.15, 0.2) is 9.84 Å². The highest BCUT2D eigenvalue weighted by Crippen LogP contribution is 2.28. The second kappa shape index (κ2) is 5.55. The van der Waals surface area contributed by atoms with Gasteiger partial charge in [0.25, 0.3) is 0 Å². The highest BCUT2D eigenvalue weighted by Gasteiger charge is 2.27. The Balaban J connectivity index is 2.45. The number of benzene rings is 2. The van der Waals surface area contributed by atoms with Crippen LogP contribution in [-0.2, 0) is 9.84 Å². The van der Waals surface area contributed by atoms with Crippen molar-refractivity contribution in [3.05, 3.63) is 65.7 Å². The molecule has 0 radical (unpaired) electrons. The van der Waals surface area contributed by atoms with Gasteiger partial charge in [0, 0.05) is 6.54 Å². The minimum Gasteiger partial charge on any atom is -0.329 e. The van der Waals surface area contributed by atoms with Gasteiger partial charge in [0.1, 0.15) is 5.25 Å². The number of aryl methyl sites for hydroxylation is 1. The SMILES string of the molecule is Cc1ccc(S(=O)(=O)C(CN)c2ccccc2)cc1. The Kier molecular flexibility index (Phi) is 4.02. The first-order valence-corrected chi connectivity index (χ1v) is 7.66. The highest BCUT2D eigenvalue weighted by molar-refractivity contribution is 7.91. The monoisotopic (exact) mass is 275 g/mol. The highest BCUT2D eigenvalue weighted by atomic mass is 32.2. The van der Waals surface area contributed by atoms with Gasteiger partial charge in [-0.2, -0.15) is 0 Å². The van der Waals surface area contributed by atoms with Crippen LogP contribution in [0.1, 0.15) is 16.4 Å². The summed E-state index contributed by atoms with van der Waals surface area (Å²) in [5.41, 5.74) is 7.44. The molecule has 0 bridgehead atoms. The molecule has 0 aliphatic heterocycles. The Labute approximate surface area is 114 Å². The van der Waals surface area contributed by atoms with Gasteiger partial charge in [0.2, 0.25) is 0 Å². The molecule has 0 aliphatic rings. The van der Waals surface area contributed by atoms with E-state index < -0.39 is 15.1 Å². The lowest BCUT2D eigenvalue weighted by Gasteiger charge is -2.16. The van der Waals surface area contributed by atoms with Crippen LogP contribution >= 0.6 is 0 Å². The first kappa shape index (κ1) is 13.8. The molecule has 0 saturated carbocycles. The van der Waals surface area contributed by atoms with Crippen molar-refractivity contribution in [2.75, 3.05) is 6.54 Å². The van der Waals surface area contributed by atoms with Gasteiger partial charge in [-0.15, -0.1) is 0 Å². The zero-order chi connectivity index (χ0) is 13.9. The average Bonchev–Trinajstić information content (AvgIpc) is 2.41. The normalized spacial score (nSPS) is 13.2. The molecule has 1 unspecified atom stereocenters. The quantitative estimate of drug-likeness (QED) is 0.932. The zero-order valence-electron chi connectivity index (χ0n) is 10.8. The van der Waals surface area contributed by atoms with Crippen LogP contribution in [0, 0.1) is 6.92 Å². The molecule has 0 fully saturated rings. The topological polar surface area (TPSA) is 60.2 Å². The largest absolute Gasteiger partial charge is 0.329 e. The van der Waals surface area contributed by atoms with Crippen molar-refractivity contribution in [1.29, 1.82) is 0 Å². The van der Waals surface area contributed by atoms with Crippen LogP contribution in [0.5, 0.6) is 0 Å². The maximum absolute atomic E-state index is 12.6. The summed E-state index contributed by atoms with van der Waals surface area (Å²) < 4.78 is 25.2. The summed E-state index contributed by atoms with van der Waals surface area (Å²) in [5, 5.41) is -0.698. The molecule has 3 nitrogen and oxygen atoms in total. The lowest BCUT2D eigenvalue weighted by atomic mass is 10.1. The summed E-state index contributed by atoms with van der Waals surface area (Å²) in [6.07, 6.45) is 0. The molecule has 2 rings (SSSR count). The van der Waals surface area contributed by atoms with Crippen molar-refractivity contribution < 1.29 is 8.42 Å². The molecule has 0 aromatic heterocycles. The predicted molar refractivity (Wildman–Crippen MR) is 76.6 cm³/mol. The summed E-state index contributed by atoms with van der Waals surface area (Å²) in [6.45, 7) is 1.99. The molecule has 0 aliphatic carbocycles. The Bertz CT molecular complexity index is 634. The third-order valence-electron chi connectivity index (χ3n) is 3.11. The molecule has 0 spiro atoms. The molecule has 2 aromatic carbocycles. The van der Waals surface area contributed by atoms with Crippen molar-refractivity contribution in [1.82, 2.24) is 0 Å². The van der Waals surface area contributed by atoms with Gasteiger partial charge in [0.05, 0.1) is 4.90 Å². The Morgan fingerprint density at radius 3 is 2.11 bits per heavy atom. The van der Waals surface area contributed by atoms with E-state index in [0.717, 1.165) is 11.1 Å². The van der Waals surface area contributed by atoms with Gasteiger partial charge in [-0.3, -0.25) is 0 Å². The van der Waals surface area contributed by atoms with E-state index in [1.54, 1.807) is 36.4 Å². The van der Waals surface area contributed by atoms with Gasteiger partial charge < -0.3 is 5.73 Å². The van der Waals surface area contributed by atoms with Gasteiger partial charge >= 0.3 is 0 Å². The molecule has 0 amide bonds. The van der Waals surface area contributed by atoms with E-state index in [4.69, 9.17) is 5.73 Å². The molecule has 19 heavy (non-hydrogen) atoms. The molecule has 4 heteroatoms. The van der Waals surface area contributed by atoms with E-state index in [9.17, 15) is 8.42 Å². The fourth-order valence-corrected chi connectivity index (χ4v) is 3.61. The molecule has 2 aromatic rings. The molecule has 0 heterocycles. The van der Waals surface area contributed by atoms with E-state index in [0.29, 0.717) is 4.90 Å². The van der Waals surface area contributed by atoms with Crippen molar-refractivity contribution >= 4 is 9.84 Å². The molecule has 100 valence electrons. The van der Waals surface area contributed by atoms with Crippen LogP contribution in [0.4, 0.5) is 0 Å². The van der Waals surface area contributed by atoms with Crippen LogP contribution in [-0.4, -0.2) is 15.0 Å². The number of hydrogen-bond donors (Lipinski definition) is 1. The van der Waals surface area contributed by atoms with Crippen molar-refractivity contribution in [2.24, 2.45) is 5.73 Å². The third-order valence-corrected chi connectivity index (χ3v) is 5.25. The Morgan fingerprint density at radius 1 is 1.00 bits per heavy atom.